The summed E-state index contributed by atoms with van der Waals surface area (Å²) in [6, 6.07) is 1.33. The number of phenolic OH excluding ortho intramolecular Hbond substituents is 1. The van der Waals surface area contributed by atoms with Gasteiger partial charge in [0.05, 0.1) is 10.6 Å². The first-order valence-electron chi connectivity index (χ1n) is 3.94. The lowest BCUT2D eigenvalue weighted by Crippen LogP contribution is -2.11. The molecule has 1 rings (SSSR count). The van der Waals surface area contributed by atoms with E-state index in [0.29, 0.717) is 6.07 Å². The second-order valence-electron chi connectivity index (χ2n) is 2.84. The molecule has 0 atom stereocenters. The van der Waals surface area contributed by atoms with Gasteiger partial charge in [0.15, 0.2) is 0 Å². The van der Waals surface area contributed by atoms with E-state index in [0.717, 1.165) is 6.07 Å². The average Bonchev–Trinajstić information content (AvgIpc) is 2.11. The van der Waals surface area contributed by atoms with E-state index in [1.807, 2.05) is 0 Å². The zero-order chi connectivity index (χ0) is 10.9. The van der Waals surface area contributed by atoms with Gasteiger partial charge in [-0.3, -0.25) is 0 Å². The molecule has 0 unspecified atom stereocenters. The maximum Gasteiger partial charge on any atom is 0.276 e. The minimum Gasteiger partial charge on any atom is -0.507 e. The Kier molecular flexibility index (Phi) is 2.95. The van der Waals surface area contributed by atoms with Crippen molar-refractivity contribution in [2.75, 3.05) is 0 Å². The van der Waals surface area contributed by atoms with Crippen LogP contribution in [0.5, 0.6) is 5.75 Å². The van der Waals surface area contributed by atoms with Crippen molar-refractivity contribution in [1.82, 2.24) is 0 Å². The highest BCUT2D eigenvalue weighted by Gasteiger charge is 2.32. The van der Waals surface area contributed by atoms with Gasteiger partial charge in [-0.15, -0.1) is 0 Å². The van der Waals surface area contributed by atoms with E-state index in [9.17, 15) is 13.2 Å². The number of rotatable bonds is 2. The first kappa shape index (κ1) is 11.2. The molecule has 0 aliphatic carbocycles. The Morgan fingerprint density at radius 3 is 2.50 bits per heavy atom. The standard InChI is InChI=1S/C9H8ClF3O/c1-2-9(12,13)5-3-6(10)7(11)4-8(5)14/h3-4,14H,2H2,1H3. The van der Waals surface area contributed by atoms with Crippen molar-refractivity contribution in [3.05, 3.63) is 28.5 Å². The quantitative estimate of drug-likeness (QED) is 0.812. The number of hydrogen-bond acceptors (Lipinski definition) is 1. The van der Waals surface area contributed by atoms with Crippen LogP contribution in [0.4, 0.5) is 13.2 Å². The molecule has 0 aromatic heterocycles. The molecule has 0 heterocycles. The molecule has 0 aliphatic heterocycles. The molecule has 78 valence electrons. The fraction of sp³-hybridized carbons (Fsp3) is 0.333. The molecule has 0 bridgehead atoms. The number of benzene rings is 1. The molecule has 1 aromatic carbocycles. The van der Waals surface area contributed by atoms with Gasteiger partial charge in [-0.05, 0) is 6.07 Å². The molecule has 1 N–H and O–H groups in total. The number of phenols is 1. The molecular weight excluding hydrogens is 217 g/mol. The van der Waals surface area contributed by atoms with E-state index in [1.54, 1.807) is 0 Å². The third kappa shape index (κ3) is 1.95. The van der Waals surface area contributed by atoms with Crippen LogP contribution in [0.1, 0.15) is 18.9 Å². The van der Waals surface area contributed by atoms with Gasteiger partial charge in [-0.25, -0.2) is 13.2 Å². The fourth-order valence-electron chi connectivity index (χ4n) is 1.02. The average molecular weight is 225 g/mol. The van der Waals surface area contributed by atoms with Crippen molar-refractivity contribution in [1.29, 1.82) is 0 Å². The van der Waals surface area contributed by atoms with Crippen LogP contribution >= 0.6 is 11.6 Å². The zero-order valence-corrected chi connectivity index (χ0v) is 8.08. The molecule has 1 aromatic rings. The largest absolute Gasteiger partial charge is 0.507 e. The van der Waals surface area contributed by atoms with Gasteiger partial charge in [0.2, 0.25) is 0 Å². The molecule has 0 saturated carbocycles. The van der Waals surface area contributed by atoms with E-state index in [1.165, 1.54) is 6.92 Å². The lowest BCUT2D eigenvalue weighted by molar-refractivity contribution is -0.0104. The summed E-state index contributed by atoms with van der Waals surface area (Å²) in [5.74, 6) is -4.89. The highest BCUT2D eigenvalue weighted by atomic mass is 35.5. The Morgan fingerprint density at radius 1 is 1.43 bits per heavy atom. The summed E-state index contributed by atoms with van der Waals surface area (Å²) in [5.41, 5.74) is -0.647. The number of hydrogen-bond donors (Lipinski definition) is 1. The first-order valence-corrected chi connectivity index (χ1v) is 4.32. The Labute approximate surface area is 84.1 Å². The van der Waals surface area contributed by atoms with Gasteiger partial charge in [0, 0.05) is 12.5 Å². The van der Waals surface area contributed by atoms with E-state index in [4.69, 9.17) is 16.7 Å². The summed E-state index contributed by atoms with van der Waals surface area (Å²) in [4.78, 5) is 0. The Hall–Kier alpha value is -0.900. The Balaban J connectivity index is 3.29. The van der Waals surface area contributed by atoms with E-state index in [-0.39, 0.29) is 0 Å². The molecule has 1 nitrogen and oxygen atoms in total. The predicted molar refractivity (Wildman–Crippen MR) is 47.3 cm³/mol. The molecular formula is C9H8ClF3O. The predicted octanol–water partition coefficient (Wildman–Crippen LogP) is 3.69. The lowest BCUT2D eigenvalue weighted by Gasteiger charge is -2.16. The molecule has 0 amide bonds. The lowest BCUT2D eigenvalue weighted by atomic mass is 10.1. The smallest absolute Gasteiger partial charge is 0.276 e. The SMILES string of the molecule is CCC(F)(F)c1cc(Cl)c(F)cc1O. The molecule has 0 saturated heterocycles. The maximum atomic E-state index is 13.1. The van der Waals surface area contributed by atoms with Crippen LogP contribution in [-0.4, -0.2) is 5.11 Å². The van der Waals surface area contributed by atoms with Crippen LogP contribution in [0.15, 0.2) is 12.1 Å². The highest BCUT2D eigenvalue weighted by molar-refractivity contribution is 6.30. The molecule has 0 fully saturated rings. The summed E-state index contributed by atoms with van der Waals surface area (Å²) in [7, 11) is 0. The van der Waals surface area contributed by atoms with Crippen molar-refractivity contribution in [3.63, 3.8) is 0 Å². The normalized spacial score (nSPS) is 11.8. The summed E-state index contributed by atoms with van der Waals surface area (Å²) >= 11 is 5.33. The van der Waals surface area contributed by atoms with E-state index < -0.39 is 34.5 Å². The maximum absolute atomic E-state index is 13.1. The second kappa shape index (κ2) is 3.69. The van der Waals surface area contributed by atoms with Gasteiger partial charge in [0.1, 0.15) is 11.6 Å². The number of halogens is 4. The van der Waals surface area contributed by atoms with Gasteiger partial charge >= 0.3 is 0 Å². The van der Waals surface area contributed by atoms with Crippen LogP contribution in [0, 0.1) is 5.82 Å². The molecule has 0 spiro atoms. The Bertz CT molecular complexity index is 352. The highest BCUT2D eigenvalue weighted by Crippen LogP contribution is 2.39. The Morgan fingerprint density at radius 2 is 2.00 bits per heavy atom. The van der Waals surface area contributed by atoms with Crippen LogP contribution in [0.2, 0.25) is 5.02 Å². The molecule has 5 heteroatoms. The van der Waals surface area contributed by atoms with Crippen molar-refractivity contribution in [2.45, 2.75) is 19.3 Å². The van der Waals surface area contributed by atoms with Gasteiger partial charge in [-0.2, -0.15) is 0 Å². The number of aromatic hydroxyl groups is 1. The molecule has 14 heavy (non-hydrogen) atoms. The van der Waals surface area contributed by atoms with Crippen LogP contribution < -0.4 is 0 Å². The minimum atomic E-state index is -3.19. The van der Waals surface area contributed by atoms with Crippen LogP contribution in [-0.2, 0) is 5.92 Å². The van der Waals surface area contributed by atoms with E-state index >= 15 is 0 Å². The van der Waals surface area contributed by atoms with Crippen molar-refractivity contribution < 1.29 is 18.3 Å². The monoisotopic (exact) mass is 224 g/mol. The van der Waals surface area contributed by atoms with Gasteiger partial charge in [0.25, 0.3) is 5.92 Å². The topological polar surface area (TPSA) is 20.2 Å². The summed E-state index contributed by atoms with van der Waals surface area (Å²) in [6.45, 7) is 1.26. The minimum absolute atomic E-state index is 0.425. The summed E-state index contributed by atoms with van der Waals surface area (Å²) in [6.07, 6.45) is -0.484. The number of alkyl halides is 2. The third-order valence-corrected chi connectivity index (χ3v) is 2.17. The summed E-state index contributed by atoms with van der Waals surface area (Å²) < 4.78 is 38.9. The molecule has 0 radical (unpaired) electrons. The van der Waals surface area contributed by atoms with Crippen molar-refractivity contribution in [2.24, 2.45) is 0 Å². The third-order valence-electron chi connectivity index (χ3n) is 1.88. The first-order chi connectivity index (χ1) is 6.38. The fourth-order valence-corrected chi connectivity index (χ4v) is 1.18. The van der Waals surface area contributed by atoms with Crippen molar-refractivity contribution >= 4 is 11.6 Å². The molecule has 0 aliphatic rings. The zero-order valence-electron chi connectivity index (χ0n) is 7.32. The van der Waals surface area contributed by atoms with E-state index in [2.05, 4.69) is 0 Å². The second-order valence-corrected chi connectivity index (χ2v) is 3.25. The van der Waals surface area contributed by atoms with Gasteiger partial charge < -0.3 is 5.11 Å². The van der Waals surface area contributed by atoms with Gasteiger partial charge in [-0.1, -0.05) is 18.5 Å². The van der Waals surface area contributed by atoms with Crippen LogP contribution in [0.25, 0.3) is 0 Å². The van der Waals surface area contributed by atoms with Crippen molar-refractivity contribution in [3.8, 4) is 5.75 Å². The summed E-state index contributed by atoms with van der Waals surface area (Å²) in [5, 5.41) is 8.68. The van der Waals surface area contributed by atoms with Crippen LogP contribution in [0.3, 0.4) is 0 Å².